The Morgan fingerprint density at radius 3 is 2.93 bits per heavy atom. The molecule has 0 radical (unpaired) electrons. The van der Waals surface area contributed by atoms with Gasteiger partial charge in [-0.2, -0.15) is 10.2 Å². The molecule has 0 bridgehead atoms. The van der Waals surface area contributed by atoms with Gasteiger partial charge in [0.15, 0.2) is 10.6 Å². The second kappa shape index (κ2) is 7.47. The number of hydrogen-bond donors (Lipinski definition) is 2. The molecule has 0 aliphatic carbocycles. The van der Waals surface area contributed by atoms with E-state index in [2.05, 4.69) is 20.6 Å². The average molecular weight is 417 g/mol. The van der Waals surface area contributed by atoms with Gasteiger partial charge in [0.1, 0.15) is 6.54 Å². The molecular formula is C17H13ClN6OS2. The van der Waals surface area contributed by atoms with Gasteiger partial charge >= 0.3 is 0 Å². The van der Waals surface area contributed by atoms with Crippen LogP contribution in [0.2, 0.25) is 5.02 Å². The molecule has 0 saturated heterocycles. The largest absolute Gasteiger partial charge is 0.322 e. The Balaban J connectivity index is 1.51. The van der Waals surface area contributed by atoms with Gasteiger partial charge in [-0.1, -0.05) is 29.8 Å². The molecule has 0 saturated carbocycles. The second-order valence-electron chi connectivity index (χ2n) is 5.59. The molecule has 3 heterocycles. The van der Waals surface area contributed by atoms with Gasteiger partial charge in [-0.3, -0.25) is 14.5 Å². The number of aromatic amines is 1. The van der Waals surface area contributed by atoms with Gasteiger partial charge in [0.25, 0.3) is 0 Å². The third kappa shape index (κ3) is 3.70. The zero-order chi connectivity index (χ0) is 18.8. The summed E-state index contributed by atoms with van der Waals surface area (Å²) in [5.41, 5.74) is 1.30. The van der Waals surface area contributed by atoms with Crippen molar-refractivity contribution >= 4 is 46.8 Å². The maximum Gasteiger partial charge on any atom is 0.244 e. The second-order valence-corrected chi connectivity index (χ2v) is 7.33. The van der Waals surface area contributed by atoms with Crippen molar-refractivity contribution in [3.8, 4) is 16.4 Å². The number of thiophene rings is 1. The topological polar surface area (TPSA) is 80.5 Å². The van der Waals surface area contributed by atoms with E-state index in [1.807, 2.05) is 35.7 Å². The molecule has 0 unspecified atom stereocenters. The Morgan fingerprint density at radius 1 is 1.30 bits per heavy atom. The first-order valence-corrected chi connectivity index (χ1v) is 9.57. The number of carbonyl (C=O) groups excluding carboxylic acids is 1. The maximum absolute atomic E-state index is 12.5. The van der Waals surface area contributed by atoms with Crippen molar-refractivity contribution in [2.75, 3.05) is 5.32 Å². The summed E-state index contributed by atoms with van der Waals surface area (Å²) in [4.78, 5) is 13.4. The van der Waals surface area contributed by atoms with Gasteiger partial charge in [-0.25, -0.2) is 4.68 Å². The zero-order valence-electron chi connectivity index (χ0n) is 13.8. The predicted octanol–water partition coefficient (Wildman–Crippen LogP) is 4.15. The third-order valence-electron chi connectivity index (χ3n) is 3.77. The monoisotopic (exact) mass is 416 g/mol. The Hall–Kier alpha value is -2.75. The normalized spacial score (nSPS) is 10.9. The first kappa shape index (κ1) is 17.7. The molecule has 7 nitrogen and oxygen atoms in total. The Kier molecular flexibility index (Phi) is 4.88. The van der Waals surface area contributed by atoms with Crippen LogP contribution in [0.5, 0.6) is 0 Å². The fourth-order valence-corrected chi connectivity index (χ4v) is 3.70. The minimum absolute atomic E-state index is 0.0415. The highest BCUT2D eigenvalue weighted by molar-refractivity contribution is 7.71. The van der Waals surface area contributed by atoms with Crippen LogP contribution in [0.25, 0.3) is 16.4 Å². The highest BCUT2D eigenvalue weighted by Gasteiger charge is 2.14. The molecule has 0 fully saturated rings. The van der Waals surface area contributed by atoms with Crippen LogP contribution in [0.1, 0.15) is 0 Å². The summed E-state index contributed by atoms with van der Waals surface area (Å²) >= 11 is 13.0. The third-order valence-corrected chi connectivity index (χ3v) is 5.26. The quantitative estimate of drug-likeness (QED) is 0.479. The summed E-state index contributed by atoms with van der Waals surface area (Å²) in [5.74, 6) is 0.404. The molecule has 0 spiro atoms. The number of anilines is 1. The number of para-hydroxylation sites is 1. The smallest absolute Gasteiger partial charge is 0.244 e. The molecule has 10 heteroatoms. The van der Waals surface area contributed by atoms with E-state index in [9.17, 15) is 4.79 Å². The van der Waals surface area contributed by atoms with Crippen LogP contribution < -0.4 is 5.32 Å². The summed E-state index contributed by atoms with van der Waals surface area (Å²) in [6.45, 7) is 0.0415. The van der Waals surface area contributed by atoms with E-state index in [4.69, 9.17) is 23.8 Å². The Bertz CT molecular complexity index is 1140. The Morgan fingerprint density at radius 2 is 2.15 bits per heavy atom. The number of carbonyl (C=O) groups is 1. The van der Waals surface area contributed by atoms with Gasteiger partial charge in [0.05, 0.1) is 33.7 Å². The van der Waals surface area contributed by atoms with Crippen molar-refractivity contribution in [3.63, 3.8) is 0 Å². The average Bonchev–Trinajstić information content (AvgIpc) is 3.38. The van der Waals surface area contributed by atoms with E-state index < -0.39 is 0 Å². The minimum Gasteiger partial charge on any atom is -0.322 e. The molecule has 1 aromatic carbocycles. The predicted molar refractivity (Wildman–Crippen MR) is 108 cm³/mol. The van der Waals surface area contributed by atoms with Gasteiger partial charge in [-0.05, 0) is 35.8 Å². The molecule has 1 amide bonds. The van der Waals surface area contributed by atoms with E-state index in [0.717, 1.165) is 10.6 Å². The van der Waals surface area contributed by atoms with Gasteiger partial charge < -0.3 is 5.32 Å². The molecular weight excluding hydrogens is 404 g/mol. The lowest BCUT2D eigenvalue weighted by atomic mass is 10.3. The summed E-state index contributed by atoms with van der Waals surface area (Å²) in [6, 6.07) is 11.2. The highest BCUT2D eigenvalue weighted by Crippen LogP contribution is 2.23. The number of nitrogens with one attached hydrogen (secondary N) is 2. The number of benzene rings is 1. The van der Waals surface area contributed by atoms with Gasteiger partial charge in [0, 0.05) is 0 Å². The van der Waals surface area contributed by atoms with Crippen LogP contribution in [0.3, 0.4) is 0 Å². The lowest BCUT2D eigenvalue weighted by molar-refractivity contribution is -0.116. The van der Waals surface area contributed by atoms with Crippen LogP contribution in [-0.4, -0.2) is 30.5 Å². The molecule has 3 aromatic heterocycles. The van der Waals surface area contributed by atoms with Crippen LogP contribution in [-0.2, 0) is 11.3 Å². The van der Waals surface area contributed by atoms with Gasteiger partial charge in [-0.15, -0.1) is 11.3 Å². The molecule has 27 heavy (non-hydrogen) atoms. The lowest BCUT2D eigenvalue weighted by Gasteiger charge is -2.06. The lowest BCUT2D eigenvalue weighted by Crippen LogP contribution is -2.19. The number of hydrogen-bond acceptors (Lipinski definition) is 5. The van der Waals surface area contributed by atoms with E-state index in [-0.39, 0.29) is 12.5 Å². The summed E-state index contributed by atoms with van der Waals surface area (Å²) < 4.78 is 3.66. The van der Waals surface area contributed by atoms with Gasteiger partial charge in [0.2, 0.25) is 5.91 Å². The first-order valence-electron chi connectivity index (χ1n) is 7.90. The number of H-pyrrole nitrogens is 1. The number of rotatable bonds is 5. The summed E-state index contributed by atoms with van der Waals surface area (Å²) in [6.07, 6.45) is 3.27. The summed E-state index contributed by atoms with van der Waals surface area (Å²) in [5, 5.41) is 16.5. The molecule has 0 aliphatic heterocycles. The minimum atomic E-state index is -0.232. The van der Waals surface area contributed by atoms with Crippen LogP contribution in [0.4, 0.5) is 5.69 Å². The molecule has 4 aromatic rings. The van der Waals surface area contributed by atoms with Crippen molar-refractivity contribution < 1.29 is 4.79 Å². The van der Waals surface area contributed by atoms with E-state index in [1.165, 1.54) is 11.3 Å². The molecule has 136 valence electrons. The molecule has 4 rings (SSSR count). The van der Waals surface area contributed by atoms with E-state index >= 15 is 0 Å². The maximum atomic E-state index is 12.5. The van der Waals surface area contributed by atoms with Crippen LogP contribution in [0.15, 0.2) is 54.2 Å². The number of halogens is 1. The van der Waals surface area contributed by atoms with Crippen molar-refractivity contribution in [1.29, 1.82) is 0 Å². The summed E-state index contributed by atoms with van der Waals surface area (Å²) in [7, 11) is 0. The standard InChI is InChI=1S/C17H13ClN6OS2/c18-12-4-1-2-5-13(12)24-9-11(8-19-24)20-15(25)10-23-16(21-22-17(23)26)14-6-3-7-27-14/h1-9H,10H2,(H,20,25)(H,22,26). The van der Waals surface area contributed by atoms with Crippen molar-refractivity contribution in [2.24, 2.45) is 0 Å². The fraction of sp³-hybridized carbons (Fsp3) is 0.0588. The van der Waals surface area contributed by atoms with Crippen LogP contribution in [0, 0.1) is 4.77 Å². The Labute approximate surface area is 168 Å². The SMILES string of the molecule is O=C(Cn1c(-c2cccs2)n[nH]c1=S)Nc1cnn(-c2ccccc2Cl)c1. The van der Waals surface area contributed by atoms with Crippen molar-refractivity contribution in [2.45, 2.75) is 6.54 Å². The first-order chi connectivity index (χ1) is 13.1. The molecule has 0 atom stereocenters. The van der Waals surface area contributed by atoms with E-state index in [1.54, 1.807) is 27.7 Å². The number of aromatic nitrogens is 5. The number of nitrogens with zero attached hydrogens (tertiary/aromatic N) is 4. The zero-order valence-corrected chi connectivity index (χ0v) is 16.2. The molecule has 2 N–H and O–H groups in total. The van der Waals surface area contributed by atoms with E-state index in [0.29, 0.717) is 21.3 Å². The number of amides is 1. The van der Waals surface area contributed by atoms with Crippen LogP contribution >= 0.6 is 35.2 Å². The van der Waals surface area contributed by atoms with Crippen molar-refractivity contribution in [3.05, 3.63) is 64.0 Å². The fourth-order valence-electron chi connectivity index (χ4n) is 2.56. The highest BCUT2D eigenvalue weighted by atomic mass is 35.5. The van der Waals surface area contributed by atoms with Crippen molar-refractivity contribution in [1.82, 2.24) is 24.5 Å². The molecule has 0 aliphatic rings.